The number of aryl methyl sites for hydroxylation is 3. The maximum Gasteiger partial charge on any atom is 0.159 e. The summed E-state index contributed by atoms with van der Waals surface area (Å²) in [5.41, 5.74) is 6.81. The van der Waals surface area contributed by atoms with Gasteiger partial charge >= 0.3 is 0 Å². The summed E-state index contributed by atoms with van der Waals surface area (Å²) in [5.74, 6) is -1.80. The molecule has 0 nitrogen and oxygen atoms in total. The molecule has 0 aliphatic heterocycles. The highest BCUT2D eigenvalue weighted by molar-refractivity contribution is 5.64. The molecule has 0 heterocycles. The van der Waals surface area contributed by atoms with Crippen molar-refractivity contribution in [3.63, 3.8) is 0 Å². The van der Waals surface area contributed by atoms with Crippen LogP contribution in [0.2, 0.25) is 0 Å². The molecule has 0 amide bonds. The summed E-state index contributed by atoms with van der Waals surface area (Å²) < 4.78 is 40.4. The maximum atomic E-state index is 13.8. The van der Waals surface area contributed by atoms with Crippen molar-refractivity contribution < 1.29 is 13.2 Å². The van der Waals surface area contributed by atoms with Crippen molar-refractivity contribution in [2.24, 2.45) is 0 Å². The van der Waals surface area contributed by atoms with Gasteiger partial charge in [0.25, 0.3) is 0 Å². The zero-order valence-electron chi connectivity index (χ0n) is 20.2. The lowest BCUT2D eigenvalue weighted by molar-refractivity contribution is 0.509. The Morgan fingerprint density at radius 1 is 0.429 bits per heavy atom. The fourth-order valence-corrected chi connectivity index (χ4v) is 4.36. The second-order valence-corrected chi connectivity index (χ2v) is 9.25. The largest absolute Gasteiger partial charge is 0.207 e. The summed E-state index contributed by atoms with van der Waals surface area (Å²) in [4.78, 5) is 0. The van der Waals surface area contributed by atoms with Gasteiger partial charge < -0.3 is 0 Å². The molecule has 0 aliphatic rings. The van der Waals surface area contributed by atoms with E-state index in [0.717, 1.165) is 36.0 Å². The SMILES string of the molecule is Cc1ccc(-c2ccc(CCCCCCCc3ccc(-c4ccc(F)c(F)c4)cc3)cc2)cc1F. The minimum absolute atomic E-state index is 0.162. The van der Waals surface area contributed by atoms with Gasteiger partial charge in [-0.3, -0.25) is 0 Å². The first-order valence-corrected chi connectivity index (χ1v) is 12.4. The topological polar surface area (TPSA) is 0 Å². The monoisotopic (exact) mass is 472 g/mol. The lowest BCUT2D eigenvalue weighted by Crippen LogP contribution is -1.90. The summed E-state index contributed by atoms with van der Waals surface area (Å²) in [7, 11) is 0. The molecule has 4 rings (SSSR count). The molecule has 0 spiro atoms. The van der Waals surface area contributed by atoms with Crippen molar-refractivity contribution in [2.75, 3.05) is 0 Å². The molecule has 0 radical (unpaired) electrons. The maximum absolute atomic E-state index is 13.8. The van der Waals surface area contributed by atoms with Crippen LogP contribution in [0.15, 0.2) is 84.9 Å². The van der Waals surface area contributed by atoms with Crippen LogP contribution in [0.25, 0.3) is 22.3 Å². The quantitative estimate of drug-likeness (QED) is 0.202. The average molecular weight is 473 g/mol. The first kappa shape index (κ1) is 24.8. The van der Waals surface area contributed by atoms with E-state index in [9.17, 15) is 13.2 Å². The Labute approximate surface area is 206 Å². The fourth-order valence-electron chi connectivity index (χ4n) is 4.36. The molecule has 0 aromatic heterocycles. The molecule has 4 aromatic rings. The first-order valence-electron chi connectivity index (χ1n) is 12.4. The number of hydrogen-bond donors (Lipinski definition) is 0. The van der Waals surface area contributed by atoms with E-state index < -0.39 is 11.6 Å². The number of unbranched alkanes of at least 4 members (excludes halogenated alkanes) is 4. The number of benzene rings is 4. The lowest BCUT2D eigenvalue weighted by atomic mass is 9.99. The summed E-state index contributed by atoms with van der Waals surface area (Å²) in [6.07, 6.45) is 8.03. The zero-order chi connectivity index (χ0) is 24.6. The van der Waals surface area contributed by atoms with Gasteiger partial charge in [0, 0.05) is 0 Å². The summed E-state index contributed by atoms with van der Waals surface area (Å²) in [6, 6.07) is 26.0. The summed E-state index contributed by atoms with van der Waals surface area (Å²) >= 11 is 0. The van der Waals surface area contributed by atoms with E-state index in [0.29, 0.717) is 11.1 Å². The van der Waals surface area contributed by atoms with Gasteiger partial charge in [-0.2, -0.15) is 0 Å². The second kappa shape index (κ2) is 11.9. The predicted molar refractivity (Wildman–Crippen MR) is 139 cm³/mol. The molecule has 180 valence electrons. The molecule has 0 N–H and O–H groups in total. The highest BCUT2D eigenvalue weighted by atomic mass is 19.2. The van der Waals surface area contributed by atoms with Crippen LogP contribution < -0.4 is 0 Å². The zero-order valence-corrected chi connectivity index (χ0v) is 20.2. The molecule has 0 atom stereocenters. The van der Waals surface area contributed by atoms with Crippen LogP contribution in [0.3, 0.4) is 0 Å². The van der Waals surface area contributed by atoms with Crippen molar-refractivity contribution in [1.82, 2.24) is 0 Å². The van der Waals surface area contributed by atoms with E-state index in [-0.39, 0.29) is 5.82 Å². The van der Waals surface area contributed by atoms with Crippen LogP contribution in [0.4, 0.5) is 13.2 Å². The number of rotatable bonds is 10. The Kier molecular flexibility index (Phi) is 8.41. The summed E-state index contributed by atoms with van der Waals surface area (Å²) in [5, 5.41) is 0. The molecule has 4 aromatic carbocycles. The highest BCUT2D eigenvalue weighted by Crippen LogP contribution is 2.24. The van der Waals surface area contributed by atoms with Crippen LogP contribution in [0, 0.1) is 24.4 Å². The molecular formula is C32H31F3. The average Bonchev–Trinajstić information content (AvgIpc) is 2.87. The number of hydrogen-bond acceptors (Lipinski definition) is 0. The van der Waals surface area contributed by atoms with E-state index in [4.69, 9.17) is 0 Å². The molecule has 0 aliphatic carbocycles. The molecular weight excluding hydrogens is 441 g/mol. The Morgan fingerprint density at radius 3 is 1.34 bits per heavy atom. The highest BCUT2D eigenvalue weighted by Gasteiger charge is 2.05. The van der Waals surface area contributed by atoms with Gasteiger partial charge in [0.2, 0.25) is 0 Å². The minimum atomic E-state index is -0.820. The van der Waals surface area contributed by atoms with Gasteiger partial charge in [-0.1, -0.05) is 86.0 Å². The Hall–Kier alpha value is -3.33. The third kappa shape index (κ3) is 6.85. The van der Waals surface area contributed by atoms with Gasteiger partial charge in [0.05, 0.1) is 0 Å². The van der Waals surface area contributed by atoms with Crippen LogP contribution in [-0.4, -0.2) is 0 Å². The van der Waals surface area contributed by atoms with Gasteiger partial charge in [-0.25, -0.2) is 13.2 Å². The minimum Gasteiger partial charge on any atom is -0.207 e. The Morgan fingerprint density at radius 2 is 0.857 bits per heavy atom. The fraction of sp³-hybridized carbons (Fsp3) is 0.250. The molecule has 0 saturated carbocycles. The van der Waals surface area contributed by atoms with E-state index >= 15 is 0 Å². The number of halogens is 3. The lowest BCUT2D eigenvalue weighted by Gasteiger charge is -2.07. The standard InChI is InChI=1S/C32H31F3/c1-23-9-14-28(21-31(23)34)26-15-10-24(11-16-26)7-5-3-2-4-6-8-25-12-17-27(18-13-25)29-19-20-30(33)32(35)22-29/h9-22H,2-8H2,1H3. The van der Waals surface area contributed by atoms with E-state index in [1.54, 1.807) is 19.1 Å². The van der Waals surface area contributed by atoms with Crippen LogP contribution in [0.1, 0.15) is 48.8 Å². The van der Waals surface area contributed by atoms with Crippen LogP contribution in [-0.2, 0) is 12.8 Å². The van der Waals surface area contributed by atoms with Crippen molar-refractivity contribution in [3.8, 4) is 22.3 Å². The van der Waals surface area contributed by atoms with Gasteiger partial charge in [-0.05, 0) is 89.8 Å². The van der Waals surface area contributed by atoms with E-state index in [1.807, 2.05) is 24.3 Å². The first-order chi connectivity index (χ1) is 17.0. The van der Waals surface area contributed by atoms with Gasteiger partial charge in [0.1, 0.15) is 5.82 Å². The van der Waals surface area contributed by atoms with Crippen molar-refractivity contribution in [2.45, 2.75) is 51.9 Å². The van der Waals surface area contributed by atoms with Gasteiger partial charge in [-0.15, -0.1) is 0 Å². The third-order valence-electron chi connectivity index (χ3n) is 6.60. The Bertz CT molecular complexity index is 1140. The van der Waals surface area contributed by atoms with E-state index in [2.05, 4.69) is 36.4 Å². The van der Waals surface area contributed by atoms with E-state index in [1.165, 1.54) is 48.9 Å². The molecule has 0 saturated heterocycles. The van der Waals surface area contributed by atoms with Crippen molar-refractivity contribution in [1.29, 1.82) is 0 Å². The smallest absolute Gasteiger partial charge is 0.159 e. The van der Waals surface area contributed by atoms with Gasteiger partial charge in [0.15, 0.2) is 11.6 Å². The molecule has 0 fully saturated rings. The molecule has 0 unspecified atom stereocenters. The summed E-state index contributed by atoms with van der Waals surface area (Å²) in [6.45, 7) is 1.78. The van der Waals surface area contributed by atoms with Crippen molar-refractivity contribution >= 4 is 0 Å². The van der Waals surface area contributed by atoms with Crippen molar-refractivity contribution in [3.05, 3.63) is 119 Å². The molecule has 0 bridgehead atoms. The normalized spacial score (nSPS) is 11.1. The Balaban J connectivity index is 1.14. The van der Waals surface area contributed by atoms with Crippen LogP contribution >= 0.6 is 0 Å². The third-order valence-corrected chi connectivity index (χ3v) is 6.60. The predicted octanol–water partition coefficient (Wildman–Crippen LogP) is 9.48. The molecule has 35 heavy (non-hydrogen) atoms. The second-order valence-electron chi connectivity index (χ2n) is 9.25. The molecule has 3 heteroatoms. The van der Waals surface area contributed by atoms with Crippen LogP contribution in [0.5, 0.6) is 0 Å².